The van der Waals surface area contributed by atoms with Crippen LogP contribution in [0.5, 0.6) is 0 Å². The molecule has 1 heterocycles. The van der Waals surface area contributed by atoms with Gasteiger partial charge >= 0.3 is 5.97 Å². The van der Waals surface area contributed by atoms with E-state index in [0.29, 0.717) is 11.3 Å². The minimum atomic E-state index is -0.482. The molecular formula is C20H18N2O5. The first-order chi connectivity index (χ1) is 13.0. The van der Waals surface area contributed by atoms with Crippen LogP contribution >= 0.6 is 0 Å². The van der Waals surface area contributed by atoms with Gasteiger partial charge in [0.25, 0.3) is 11.8 Å². The topological polar surface area (TPSA) is 95.9 Å². The standard InChI is InChI=1S/C20H18N2O5/c1-27-20(26)14-8-6-13(7-9-14)15-4-2-3-5-16(15)21-17-12-18(24)22(10-11-23)19(17)25/h2-9,12,21,23H,10-11H2,1H3. The number of hydrogen-bond acceptors (Lipinski definition) is 6. The van der Waals surface area contributed by atoms with Gasteiger partial charge in [0.05, 0.1) is 25.8 Å². The van der Waals surface area contributed by atoms with E-state index in [2.05, 4.69) is 5.32 Å². The number of para-hydroxylation sites is 1. The van der Waals surface area contributed by atoms with E-state index in [1.165, 1.54) is 13.2 Å². The van der Waals surface area contributed by atoms with Crippen LogP contribution in [0.3, 0.4) is 0 Å². The number of nitrogens with zero attached hydrogens (tertiary/aromatic N) is 1. The summed E-state index contributed by atoms with van der Waals surface area (Å²) in [6.45, 7) is -0.336. The monoisotopic (exact) mass is 366 g/mol. The zero-order valence-corrected chi connectivity index (χ0v) is 14.6. The summed E-state index contributed by atoms with van der Waals surface area (Å²) in [6, 6.07) is 14.2. The molecule has 0 aromatic heterocycles. The number of esters is 1. The Bertz CT molecular complexity index is 918. The molecule has 3 rings (SSSR count). The smallest absolute Gasteiger partial charge is 0.337 e. The number of imide groups is 1. The van der Waals surface area contributed by atoms with Crippen molar-refractivity contribution < 1.29 is 24.2 Å². The molecule has 0 bridgehead atoms. The number of β-amino-alcohol motifs (C(OH)–C–C–N with tert-alkyl or cyclic N) is 1. The average molecular weight is 366 g/mol. The number of rotatable bonds is 6. The first-order valence-electron chi connectivity index (χ1n) is 8.28. The van der Waals surface area contributed by atoms with Crippen LogP contribution in [0.15, 0.2) is 60.3 Å². The molecule has 7 nitrogen and oxygen atoms in total. The number of ether oxygens (including phenoxy) is 1. The maximum absolute atomic E-state index is 12.3. The van der Waals surface area contributed by atoms with Crippen LogP contribution < -0.4 is 5.32 Å². The summed E-state index contributed by atoms with van der Waals surface area (Å²) in [5.74, 6) is -1.36. The third-order valence-corrected chi connectivity index (χ3v) is 4.15. The number of carbonyl (C=O) groups excluding carboxylic acids is 3. The van der Waals surface area contributed by atoms with Crippen LogP contribution in [0, 0.1) is 0 Å². The largest absolute Gasteiger partial charge is 0.465 e. The molecular weight excluding hydrogens is 348 g/mol. The Morgan fingerprint density at radius 3 is 2.48 bits per heavy atom. The van der Waals surface area contributed by atoms with Gasteiger partial charge in [-0.05, 0) is 23.8 Å². The molecule has 1 aliphatic heterocycles. The van der Waals surface area contributed by atoms with Crippen LogP contribution in [0.4, 0.5) is 5.69 Å². The van der Waals surface area contributed by atoms with Crippen LogP contribution in [0.2, 0.25) is 0 Å². The van der Waals surface area contributed by atoms with Crippen LogP contribution in [-0.2, 0) is 14.3 Å². The fraction of sp³-hybridized carbons (Fsp3) is 0.150. The summed E-state index contributed by atoms with van der Waals surface area (Å²) < 4.78 is 4.70. The van der Waals surface area contributed by atoms with E-state index in [4.69, 9.17) is 9.84 Å². The molecule has 0 saturated carbocycles. The third-order valence-electron chi connectivity index (χ3n) is 4.15. The van der Waals surface area contributed by atoms with Crippen LogP contribution in [0.1, 0.15) is 10.4 Å². The molecule has 138 valence electrons. The van der Waals surface area contributed by atoms with Crippen LogP contribution in [-0.4, -0.2) is 48.1 Å². The Morgan fingerprint density at radius 1 is 1.11 bits per heavy atom. The van der Waals surface area contributed by atoms with E-state index in [0.717, 1.165) is 16.0 Å². The lowest BCUT2D eigenvalue weighted by Crippen LogP contribution is -2.34. The lowest BCUT2D eigenvalue weighted by molar-refractivity contribution is -0.137. The van der Waals surface area contributed by atoms with E-state index < -0.39 is 17.8 Å². The van der Waals surface area contributed by atoms with E-state index in [1.54, 1.807) is 30.3 Å². The first kappa shape index (κ1) is 18.3. The lowest BCUT2D eigenvalue weighted by Gasteiger charge is -2.15. The molecule has 7 heteroatoms. The molecule has 0 radical (unpaired) electrons. The third kappa shape index (κ3) is 3.73. The molecule has 0 fully saturated rings. The minimum Gasteiger partial charge on any atom is -0.465 e. The Hall–Kier alpha value is -3.45. The van der Waals surface area contributed by atoms with Gasteiger partial charge in [-0.25, -0.2) is 4.79 Å². The van der Waals surface area contributed by atoms with E-state index >= 15 is 0 Å². The van der Waals surface area contributed by atoms with Crippen molar-refractivity contribution >= 4 is 23.5 Å². The number of aliphatic hydroxyl groups is 1. The minimum absolute atomic E-state index is 0.0457. The maximum atomic E-state index is 12.3. The second-order valence-electron chi connectivity index (χ2n) is 5.82. The number of anilines is 1. The van der Waals surface area contributed by atoms with E-state index in [-0.39, 0.29) is 18.8 Å². The molecule has 0 spiro atoms. The van der Waals surface area contributed by atoms with Gasteiger partial charge < -0.3 is 15.2 Å². The van der Waals surface area contributed by atoms with Gasteiger partial charge in [0, 0.05) is 17.3 Å². The highest BCUT2D eigenvalue weighted by molar-refractivity contribution is 6.17. The number of hydrogen-bond donors (Lipinski definition) is 2. The molecule has 27 heavy (non-hydrogen) atoms. The summed E-state index contributed by atoms with van der Waals surface area (Å²) in [5.41, 5.74) is 2.85. The molecule has 0 atom stereocenters. The van der Waals surface area contributed by atoms with Crippen molar-refractivity contribution in [1.82, 2.24) is 4.90 Å². The summed E-state index contributed by atoms with van der Waals surface area (Å²) in [5, 5.41) is 12.0. The molecule has 2 aromatic rings. The number of aliphatic hydroxyl groups excluding tert-OH is 1. The molecule has 0 unspecified atom stereocenters. The SMILES string of the molecule is COC(=O)c1ccc(-c2ccccc2NC2=CC(=O)N(CCO)C2=O)cc1. The number of amides is 2. The van der Waals surface area contributed by atoms with Crippen LogP contribution in [0.25, 0.3) is 11.1 Å². The van der Waals surface area contributed by atoms with E-state index in [1.807, 2.05) is 18.2 Å². The van der Waals surface area contributed by atoms with Gasteiger partial charge in [0.15, 0.2) is 0 Å². The number of benzene rings is 2. The Labute approximate surface area is 155 Å². The Kier molecular flexibility index (Phi) is 5.33. The zero-order chi connectivity index (χ0) is 19.4. The van der Waals surface area contributed by atoms with Crippen molar-refractivity contribution in [2.45, 2.75) is 0 Å². The fourth-order valence-electron chi connectivity index (χ4n) is 2.80. The summed E-state index contributed by atoms with van der Waals surface area (Å²) in [7, 11) is 1.32. The predicted molar refractivity (Wildman–Crippen MR) is 98.7 cm³/mol. The second kappa shape index (κ2) is 7.84. The van der Waals surface area contributed by atoms with Crippen molar-refractivity contribution in [2.75, 3.05) is 25.6 Å². The highest BCUT2D eigenvalue weighted by Crippen LogP contribution is 2.30. The number of methoxy groups -OCH3 is 1. The average Bonchev–Trinajstić information content (AvgIpc) is 2.96. The van der Waals surface area contributed by atoms with Gasteiger partial charge in [0.2, 0.25) is 0 Å². The highest BCUT2D eigenvalue weighted by atomic mass is 16.5. The van der Waals surface area contributed by atoms with Crippen molar-refractivity contribution in [2.24, 2.45) is 0 Å². The molecule has 2 N–H and O–H groups in total. The number of carbonyl (C=O) groups is 3. The predicted octanol–water partition coefficient (Wildman–Crippen LogP) is 1.80. The van der Waals surface area contributed by atoms with E-state index in [9.17, 15) is 14.4 Å². The van der Waals surface area contributed by atoms with Crippen molar-refractivity contribution in [1.29, 1.82) is 0 Å². The molecule has 2 amide bonds. The molecule has 1 aliphatic rings. The lowest BCUT2D eigenvalue weighted by atomic mass is 10.0. The zero-order valence-electron chi connectivity index (χ0n) is 14.6. The summed E-state index contributed by atoms with van der Waals surface area (Å²) >= 11 is 0. The normalized spacial score (nSPS) is 13.6. The van der Waals surface area contributed by atoms with Crippen molar-refractivity contribution in [3.8, 4) is 11.1 Å². The molecule has 0 saturated heterocycles. The van der Waals surface area contributed by atoms with Crippen molar-refractivity contribution in [3.63, 3.8) is 0 Å². The highest BCUT2D eigenvalue weighted by Gasteiger charge is 2.30. The second-order valence-corrected chi connectivity index (χ2v) is 5.82. The van der Waals surface area contributed by atoms with Gasteiger partial charge in [-0.2, -0.15) is 0 Å². The number of nitrogens with one attached hydrogen (secondary N) is 1. The van der Waals surface area contributed by atoms with Gasteiger partial charge in [0.1, 0.15) is 5.70 Å². The first-order valence-corrected chi connectivity index (χ1v) is 8.28. The molecule has 0 aliphatic carbocycles. The maximum Gasteiger partial charge on any atom is 0.337 e. The summed E-state index contributed by atoms with van der Waals surface area (Å²) in [4.78, 5) is 36.8. The van der Waals surface area contributed by atoms with Gasteiger partial charge in [-0.1, -0.05) is 30.3 Å². The summed E-state index contributed by atoms with van der Waals surface area (Å²) in [6.07, 6.45) is 1.22. The molecule has 2 aromatic carbocycles. The fourth-order valence-corrected chi connectivity index (χ4v) is 2.80. The van der Waals surface area contributed by atoms with Gasteiger partial charge in [-0.3, -0.25) is 14.5 Å². The Balaban J connectivity index is 1.87. The quantitative estimate of drug-likeness (QED) is 0.598. The van der Waals surface area contributed by atoms with Gasteiger partial charge in [-0.15, -0.1) is 0 Å². The van der Waals surface area contributed by atoms with Crippen molar-refractivity contribution in [3.05, 3.63) is 65.9 Å². The Morgan fingerprint density at radius 2 is 1.81 bits per heavy atom.